The summed E-state index contributed by atoms with van der Waals surface area (Å²) in [5.41, 5.74) is -0.703. The Balaban J connectivity index is 1.95. The minimum absolute atomic E-state index is 0.0501. The number of hydrogen-bond acceptors (Lipinski definition) is 2. The molecule has 116 valence electrons. The van der Waals surface area contributed by atoms with E-state index in [0.717, 1.165) is 31.9 Å². The fourth-order valence-electron chi connectivity index (χ4n) is 2.42. The van der Waals surface area contributed by atoms with Gasteiger partial charge < -0.3 is 4.74 Å². The van der Waals surface area contributed by atoms with Gasteiger partial charge >= 0.3 is 6.18 Å². The molecule has 1 fully saturated rings. The Bertz CT molecular complexity index is 508. The van der Waals surface area contributed by atoms with Crippen molar-refractivity contribution in [1.29, 1.82) is 0 Å². The third kappa shape index (κ3) is 4.54. The highest BCUT2D eigenvalue weighted by Gasteiger charge is 2.33. The van der Waals surface area contributed by atoms with Gasteiger partial charge in [0.1, 0.15) is 0 Å². The second-order valence-electron chi connectivity index (χ2n) is 5.14. The normalized spacial score (nSPS) is 19.0. The molecule has 0 bridgehead atoms. The van der Waals surface area contributed by atoms with Gasteiger partial charge in [0.15, 0.2) is 5.78 Å². The van der Waals surface area contributed by atoms with Crippen molar-refractivity contribution in [2.24, 2.45) is 0 Å². The molecular formula is C15H16BrF3O2. The van der Waals surface area contributed by atoms with Crippen LogP contribution >= 0.6 is 15.9 Å². The summed E-state index contributed by atoms with van der Waals surface area (Å²) in [6.07, 6.45) is -0.542. The highest BCUT2D eigenvalue weighted by atomic mass is 79.9. The fourth-order valence-corrected chi connectivity index (χ4v) is 2.89. The summed E-state index contributed by atoms with van der Waals surface area (Å²) in [5.74, 6) is -0.258. The van der Waals surface area contributed by atoms with E-state index in [-0.39, 0.29) is 28.3 Å². The van der Waals surface area contributed by atoms with Crippen molar-refractivity contribution >= 4 is 21.7 Å². The lowest BCUT2D eigenvalue weighted by atomic mass is 10.0. The molecule has 2 rings (SSSR count). The molecule has 2 nitrogen and oxygen atoms in total. The van der Waals surface area contributed by atoms with E-state index in [0.29, 0.717) is 6.42 Å². The first-order valence-corrected chi connectivity index (χ1v) is 7.69. The van der Waals surface area contributed by atoms with Crippen LogP contribution in [0.5, 0.6) is 0 Å². The topological polar surface area (TPSA) is 26.3 Å². The highest BCUT2D eigenvalue weighted by molar-refractivity contribution is 9.10. The molecule has 0 saturated carbocycles. The van der Waals surface area contributed by atoms with Crippen molar-refractivity contribution in [3.05, 3.63) is 33.8 Å². The number of Topliss-reactive ketones (excluding diaryl/α,β-unsaturated/α-hetero) is 1. The molecule has 21 heavy (non-hydrogen) atoms. The second-order valence-corrected chi connectivity index (χ2v) is 6.00. The van der Waals surface area contributed by atoms with E-state index in [2.05, 4.69) is 15.9 Å². The Morgan fingerprint density at radius 2 is 2.14 bits per heavy atom. The monoisotopic (exact) mass is 364 g/mol. The number of benzene rings is 1. The van der Waals surface area contributed by atoms with Crippen LogP contribution in [0.25, 0.3) is 0 Å². The summed E-state index contributed by atoms with van der Waals surface area (Å²) < 4.78 is 43.8. The van der Waals surface area contributed by atoms with E-state index in [1.165, 1.54) is 12.1 Å². The predicted molar refractivity (Wildman–Crippen MR) is 76.3 cm³/mol. The molecule has 1 aromatic carbocycles. The summed E-state index contributed by atoms with van der Waals surface area (Å²) in [5, 5.41) is 0. The molecule has 0 radical (unpaired) electrons. The van der Waals surface area contributed by atoms with Gasteiger partial charge in [0.2, 0.25) is 0 Å². The molecule has 0 spiro atoms. The zero-order valence-electron chi connectivity index (χ0n) is 11.4. The first-order chi connectivity index (χ1) is 9.88. The van der Waals surface area contributed by atoms with Crippen LogP contribution in [0.3, 0.4) is 0 Å². The Labute approximate surface area is 129 Å². The first kappa shape index (κ1) is 16.5. The largest absolute Gasteiger partial charge is 0.417 e. The molecule has 6 heteroatoms. The Morgan fingerprint density at radius 1 is 1.38 bits per heavy atom. The number of carbonyl (C=O) groups excluding carboxylic acids is 1. The average molecular weight is 365 g/mol. The van der Waals surface area contributed by atoms with Gasteiger partial charge in [-0.2, -0.15) is 13.2 Å². The van der Waals surface area contributed by atoms with Crippen molar-refractivity contribution < 1.29 is 22.7 Å². The van der Waals surface area contributed by atoms with Crippen LogP contribution in [0.1, 0.15) is 48.0 Å². The van der Waals surface area contributed by atoms with Gasteiger partial charge in [-0.15, -0.1) is 0 Å². The number of alkyl halides is 3. The lowest BCUT2D eigenvalue weighted by Crippen LogP contribution is -2.10. The van der Waals surface area contributed by atoms with Crippen LogP contribution in [-0.4, -0.2) is 18.5 Å². The molecule has 1 saturated heterocycles. The minimum Gasteiger partial charge on any atom is -0.378 e. The molecule has 0 N–H and O–H groups in total. The molecule has 0 aromatic heterocycles. The molecular weight excluding hydrogens is 349 g/mol. The van der Waals surface area contributed by atoms with Gasteiger partial charge in [-0.25, -0.2) is 0 Å². The first-order valence-electron chi connectivity index (χ1n) is 6.89. The number of halogens is 4. The maximum atomic E-state index is 12.8. The third-order valence-electron chi connectivity index (χ3n) is 3.55. The van der Waals surface area contributed by atoms with E-state index in [1.807, 2.05) is 0 Å². The number of hydrogen-bond donors (Lipinski definition) is 0. The van der Waals surface area contributed by atoms with Crippen molar-refractivity contribution in [2.45, 2.75) is 44.4 Å². The van der Waals surface area contributed by atoms with E-state index in [4.69, 9.17) is 4.74 Å². The van der Waals surface area contributed by atoms with Gasteiger partial charge in [-0.05, 0) is 37.8 Å². The SMILES string of the molecule is O=C(CCCC1CCCO1)c1ccc(Br)c(C(F)(F)F)c1. The summed E-state index contributed by atoms with van der Waals surface area (Å²) >= 11 is 2.86. The molecule has 1 unspecified atom stereocenters. The smallest absolute Gasteiger partial charge is 0.378 e. The molecule has 0 aliphatic carbocycles. The van der Waals surface area contributed by atoms with E-state index < -0.39 is 11.7 Å². The molecule has 0 amide bonds. The van der Waals surface area contributed by atoms with E-state index in [9.17, 15) is 18.0 Å². The van der Waals surface area contributed by atoms with Gasteiger partial charge in [-0.1, -0.05) is 22.0 Å². The number of ketones is 1. The van der Waals surface area contributed by atoms with Gasteiger partial charge in [-0.3, -0.25) is 4.79 Å². The van der Waals surface area contributed by atoms with E-state index >= 15 is 0 Å². The van der Waals surface area contributed by atoms with Crippen molar-refractivity contribution in [3.8, 4) is 0 Å². The zero-order valence-corrected chi connectivity index (χ0v) is 13.0. The fraction of sp³-hybridized carbons (Fsp3) is 0.533. The minimum atomic E-state index is -4.47. The molecule has 1 aromatic rings. The lowest BCUT2D eigenvalue weighted by molar-refractivity contribution is -0.138. The standard InChI is InChI=1S/C15H16BrF3O2/c16-13-7-6-10(9-12(13)15(17,18)19)14(20)5-1-3-11-4-2-8-21-11/h6-7,9,11H,1-5,8H2. The summed E-state index contributed by atoms with van der Waals surface area (Å²) in [6, 6.07) is 3.61. The maximum absolute atomic E-state index is 12.8. The molecule has 1 aliphatic heterocycles. The van der Waals surface area contributed by atoms with Crippen LogP contribution in [-0.2, 0) is 10.9 Å². The van der Waals surface area contributed by atoms with Crippen LogP contribution in [0.15, 0.2) is 22.7 Å². The number of rotatable bonds is 5. The predicted octanol–water partition coefficient (Wildman–Crippen LogP) is 5.00. The average Bonchev–Trinajstić information content (AvgIpc) is 2.91. The zero-order chi connectivity index (χ0) is 15.5. The van der Waals surface area contributed by atoms with Crippen LogP contribution in [0.4, 0.5) is 13.2 Å². The van der Waals surface area contributed by atoms with Gasteiger partial charge in [0, 0.05) is 23.1 Å². The van der Waals surface area contributed by atoms with Gasteiger partial charge in [0.25, 0.3) is 0 Å². The second kappa shape index (κ2) is 6.92. The highest BCUT2D eigenvalue weighted by Crippen LogP contribution is 2.35. The molecule has 1 aliphatic rings. The van der Waals surface area contributed by atoms with Gasteiger partial charge in [0.05, 0.1) is 11.7 Å². The quantitative estimate of drug-likeness (QED) is 0.687. The van der Waals surface area contributed by atoms with Crippen LogP contribution in [0.2, 0.25) is 0 Å². The van der Waals surface area contributed by atoms with Crippen molar-refractivity contribution in [2.75, 3.05) is 6.61 Å². The third-order valence-corrected chi connectivity index (χ3v) is 4.24. The Morgan fingerprint density at radius 3 is 2.76 bits per heavy atom. The van der Waals surface area contributed by atoms with Crippen LogP contribution < -0.4 is 0 Å². The number of ether oxygens (including phenoxy) is 1. The summed E-state index contributed by atoms with van der Waals surface area (Å²) in [4.78, 5) is 12.0. The molecule has 1 heterocycles. The Hall–Kier alpha value is -0.880. The van der Waals surface area contributed by atoms with E-state index in [1.54, 1.807) is 0 Å². The summed E-state index contributed by atoms with van der Waals surface area (Å²) in [7, 11) is 0. The maximum Gasteiger partial charge on any atom is 0.417 e. The van der Waals surface area contributed by atoms with Crippen molar-refractivity contribution in [3.63, 3.8) is 0 Å². The number of carbonyl (C=O) groups is 1. The summed E-state index contributed by atoms with van der Waals surface area (Å²) in [6.45, 7) is 0.764. The molecule has 1 atom stereocenters. The van der Waals surface area contributed by atoms with Crippen molar-refractivity contribution in [1.82, 2.24) is 0 Å². The lowest BCUT2D eigenvalue weighted by Gasteiger charge is -2.11. The Kier molecular flexibility index (Phi) is 5.43. The van der Waals surface area contributed by atoms with Crippen LogP contribution in [0, 0.1) is 0 Å².